The van der Waals surface area contributed by atoms with Crippen molar-refractivity contribution in [1.82, 2.24) is 20.5 Å². The lowest BCUT2D eigenvalue weighted by molar-refractivity contribution is 0.0931. The summed E-state index contributed by atoms with van der Waals surface area (Å²) in [6.45, 7) is 2.25. The molecule has 1 amide bonds. The van der Waals surface area contributed by atoms with Gasteiger partial charge in [0.25, 0.3) is 5.91 Å². The number of aromatic amines is 1. The lowest BCUT2D eigenvalue weighted by atomic mass is 10.3. The Morgan fingerprint density at radius 3 is 3.07 bits per heavy atom. The average Bonchev–Trinajstić information content (AvgIpc) is 2.96. The van der Waals surface area contributed by atoms with E-state index in [0.29, 0.717) is 12.5 Å². The normalized spacial score (nSPS) is 17.5. The number of aromatic nitrogens is 3. The van der Waals surface area contributed by atoms with Gasteiger partial charge in [-0.3, -0.25) is 9.89 Å². The first-order valence-electron chi connectivity index (χ1n) is 5.14. The Labute approximate surface area is 87.6 Å². The number of hydrogen-bond donors (Lipinski definition) is 3. The van der Waals surface area contributed by atoms with Gasteiger partial charge < -0.3 is 11.1 Å². The summed E-state index contributed by atoms with van der Waals surface area (Å²) in [6, 6.07) is -0.0552. The van der Waals surface area contributed by atoms with Crippen LogP contribution in [0.5, 0.6) is 0 Å². The van der Waals surface area contributed by atoms with Crippen LogP contribution in [0.15, 0.2) is 0 Å². The van der Waals surface area contributed by atoms with Crippen molar-refractivity contribution in [3.8, 4) is 0 Å². The lowest BCUT2D eigenvalue weighted by Crippen LogP contribution is -2.38. The predicted octanol–water partition coefficient (Wildman–Crippen LogP) is -0.241. The Hall–Kier alpha value is -1.43. The van der Waals surface area contributed by atoms with Crippen LogP contribution in [0, 0.1) is 0 Å². The van der Waals surface area contributed by atoms with Crippen LogP contribution in [-0.2, 0) is 0 Å². The van der Waals surface area contributed by atoms with Crippen molar-refractivity contribution in [2.24, 2.45) is 5.73 Å². The van der Waals surface area contributed by atoms with E-state index in [4.69, 9.17) is 5.73 Å². The molecule has 1 fully saturated rings. The van der Waals surface area contributed by atoms with E-state index in [9.17, 15) is 4.79 Å². The molecule has 82 valence electrons. The van der Waals surface area contributed by atoms with Gasteiger partial charge in [-0.2, -0.15) is 0 Å². The highest BCUT2D eigenvalue weighted by atomic mass is 16.2. The Kier molecular flexibility index (Phi) is 2.68. The van der Waals surface area contributed by atoms with E-state index < -0.39 is 0 Å². The summed E-state index contributed by atoms with van der Waals surface area (Å²) >= 11 is 0. The van der Waals surface area contributed by atoms with Crippen LogP contribution in [0.3, 0.4) is 0 Å². The molecule has 15 heavy (non-hydrogen) atoms. The molecule has 1 unspecified atom stereocenters. The highest BCUT2D eigenvalue weighted by Gasteiger charge is 2.28. The van der Waals surface area contributed by atoms with E-state index in [0.717, 1.165) is 18.7 Å². The summed E-state index contributed by atoms with van der Waals surface area (Å²) in [7, 11) is 0. The van der Waals surface area contributed by atoms with E-state index in [1.165, 1.54) is 0 Å². The molecule has 6 heteroatoms. The van der Waals surface area contributed by atoms with Crippen LogP contribution in [0.25, 0.3) is 0 Å². The smallest absolute Gasteiger partial charge is 0.291 e. The van der Waals surface area contributed by atoms with Crippen molar-refractivity contribution in [1.29, 1.82) is 0 Å². The van der Waals surface area contributed by atoms with E-state index in [2.05, 4.69) is 20.5 Å². The molecular weight excluding hydrogens is 194 g/mol. The maximum Gasteiger partial charge on any atom is 0.291 e. The third kappa shape index (κ3) is 2.33. The summed E-state index contributed by atoms with van der Waals surface area (Å²) in [5.41, 5.74) is 5.40. The maximum absolute atomic E-state index is 11.6. The van der Waals surface area contributed by atoms with E-state index in [1.54, 1.807) is 0 Å². The van der Waals surface area contributed by atoms with Gasteiger partial charge in [0.1, 0.15) is 5.82 Å². The SMILES string of the molecule is CC(CN)NC(=O)c1n[nH]c(C2CC2)n1. The molecule has 0 aliphatic heterocycles. The molecule has 6 nitrogen and oxygen atoms in total. The molecule has 1 atom stereocenters. The van der Waals surface area contributed by atoms with Gasteiger partial charge in [0.05, 0.1) is 0 Å². The molecule has 1 aromatic heterocycles. The second kappa shape index (κ2) is 3.98. The number of nitrogens with two attached hydrogens (primary N) is 1. The van der Waals surface area contributed by atoms with Crippen LogP contribution in [-0.4, -0.2) is 33.7 Å². The molecule has 1 heterocycles. The molecule has 1 aliphatic carbocycles. The first kappa shape index (κ1) is 10.1. The molecule has 1 aromatic rings. The highest BCUT2D eigenvalue weighted by molar-refractivity contribution is 5.90. The van der Waals surface area contributed by atoms with Gasteiger partial charge in [-0.1, -0.05) is 0 Å². The first-order chi connectivity index (χ1) is 7.20. The molecule has 0 radical (unpaired) electrons. The highest BCUT2D eigenvalue weighted by Crippen LogP contribution is 2.37. The molecule has 1 aliphatic rings. The Morgan fingerprint density at radius 2 is 2.47 bits per heavy atom. The van der Waals surface area contributed by atoms with Gasteiger partial charge in [0.2, 0.25) is 5.82 Å². The number of nitrogens with one attached hydrogen (secondary N) is 2. The minimum atomic E-state index is -0.267. The Balaban J connectivity index is 1.98. The summed E-state index contributed by atoms with van der Waals surface area (Å²) in [5.74, 6) is 1.24. The second-order valence-electron chi connectivity index (χ2n) is 3.93. The maximum atomic E-state index is 11.6. The second-order valence-corrected chi connectivity index (χ2v) is 3.93. The van der Waals surface area contributed by atoms with Gasteiger partial charge >= 0.3 is 0 Å². The number of hydrogen-bond acceptors (Lipinski definition) is 4. The fourth-order valence-electron chi connectivity index (χ4n) is 1.26. The zero-order valence-corrected chi connectivity index (χ0v) is 8.66. The van der Waals surface area contributed by atoms with Crippen LogP contribution in [0.4, 0.5) is 0 Å². The fourth-order valence-corrected chi connectivity index (χ4v) is 1.26. The van der Waals surface area contributed by atoms with Gasteiger partial charge in [-0.05, 0) is 19.8 Å². The zero-order valence-electron chi connectivity index (χ0n) is 8.66. The quantitative estimate of drug-likeness (QED) is 0.637. The molecule has 2 rings (SSSR count). The van der Waals surface area contributed by atoms with Crippen LogP contribution < -0.4 is 11.1 Å². The number of rotatable bonds is 4. The summed E-state index contributed by atoms with van der Waals surface area (Å²) < 4.78 is 0. The molecule has 0 bridgehead atoms. The van der Waals surface area contributed by atoms with Crippen LogP contribution in [0.1, 0.15) is 42.1 Å². The van der Waals surface area contributed by atoms with Gasteiger partial charge in [-0.15, -0.1) is 5.10 Å². The predicted molar refractivity (Wildman–Crippen MR) is 54.3 cm³/mol. The number of H-pyrrole nitrogens is 1. The standard InChI is InChI=1S/C9H15N5O/c1-5(4-10)11-9(15)8-12-7(13-14-8)6-2-3-6/h5-6H,2-4,10H2,1H3,(H,11,15)(H,12,13,14). The van der Waals surface area contributed by atoms with Crippen molar-refractivity contribution >= 4 is 5.91 Å². The fraction of sp³-hybridized carbons (Fsp3) is 0.667. The Morgan fingerprint density at radius 1 is 1.73 bits per heavy atom. The molecular formula is C9H15N5O. The molecule has 1 saturated carbocycles. The summed E-state index contributed by atoms with van der Waals surface area (Å²) in [4.78, 5) is 15.7. The van der Waals surface area contributed by atoms with Crippen LogP contribution >= 0.6 is 0 Å². The van der Waals surface area contributed by atoms with Gasteiger partial charge in [-0.25, -0.2) is 4.98 Å². The van der Waals surface area contributed by atoms with Crippen molar-refractivity contribution < 1.29 is 4.79 Å². The van der Waals surface area contributed by atoms with E-state index in [-0.39, 0.29) is 17.8 Å². The van der Waals surface area contributed by atoms with Crippen LogP contribution in [0.2, 0.25) is 0 Å². The van der Waals surface area contributed by atoms with Crippen molar-refractivity contribution in [3.05, 3.63) is 11.6 Å². The minimum Gasteiger partial charge on any atom is -0.346 e. The van der Waals surface area contributed by atoms with Crippen molar-refractivity contribution in [2.45, 2.75) is 31.7 Å². The van der Waals surface area contributed by atoms with E-state index >= 15 is 0 Å². The number of carbonyl (C=O) groups excluding carboxylic acids is 1. The molecule has 4 N–H and O–H groups in total. The zero-order chi connectivity index (χ0) is 10.8. The third-order valence-electron chi connectivity index (χ3n) is 2.40. The lowest BCUT2D eigenvalue weighted by Gasteiger charge is -2.08. The van der Waals surface area contributed by atoms with Gasteiger partial charge in [0.15, 0.2) is 0 Å². The monoisotopic (exact) mass is 209 g/mol. The molecule has 0 aromatic carbocycles. The first-order valence-corrected chi connectivity index (χ1v) is 5.14. The van der Waals surface area contributed by atoms with Gasteiger partial charge in [0, 0.05) is 18.5 Å². The summed E-state index contributed by atoms with van der Waals surface area (Å²) in [5, 5.41) is 9.37. The Bertz CT molecular complexity index is 357. The minimum absolute atomic E-state index is 0.0552. The molecule has 0 saturated heterocycles. The number of amides is 1. The molecule has 0 spiro atoms. The topological polar surface area (TPSA) is 96.7 Å². The van der Waals surface area contributed by atoms with E-state index in [1.807, 2.05) is 6.92 Å². The summed E-state index contributed by atoms with van der Waals surface area (Å²) in [6.07, 6.45) is 2.27. The number of nitrogens with zero attached hydrogens (tertiary/aromatic N) is 2. The average molecular weight is 209 g/mol. The van der Waals surface area contributed by atoms with Crippen molar-refractivity contribution in [2.75, 3.05) is 6.54 Å². The number of carbonyl (C=O) groups is 1. The third-order valence-corrected chi connectivity index (χ3v) is 2.40. The van der Waals surface area contributed by atoms with Crippen molar-refractivity contribution in [3.63, 3.8) is 0 Å². The largest absolute Gasteiger partial charge is 0.346 e.